The van der Waals surface area contributed by atoms with Gasteiger partial charge in [-0.25, -0.2) is 28.1 Å². The van der Waals surface area contributed by atoms with Crippen molar-refractivity contribution >= 4 is 47.0 Å². The maximum atomic E-state index is 15.0. The number of nitrogens with one attached hydrogen (secondary N) is 3. The number of carboxylic acid groups (broad SMARTS) is 2. The minimum Gasteiger partial charge on any atom is -0.478 e. The number of nitrogens with zero attached hydrogens (tertiary/aromatic N) is 4. The van der Waals surface area contributed by atoms with Gasteiger partial charge in [-0.15, -0.1) is 0 Å². The number of carbonyl (C=O) groups excluding carboxylic acids is 3. The Hall–Kier alpha value is -5.94. The van der Waals surface area contributed by atoms with Crippen molar-refractivity contribution in [3.8, 4) is 11.5 Å². The highest BCUT2D eigenvalue weighted by atomic mass is 19.1. The van der Waals surface area contributed by atoms with E-state index in [1.165, 1.54) is 42.6 Å². The molecule has 0 unspecified atom stereocenters. The summed E-state index contributed by atoms with van der Waals surface area (Å²) in [6, 6.07) is 12.6. The lowest BCUT2D eigenvalue weighted by atomic mass is 10.0. The van der Waals surface area contributed by atoms with Crippen molar-refractivity contribution in [1.82, 2.24) is 19.7 Å². The van der Waals surface area contributed by atoms with Crippen LogP contribution in [0.2, 0.25) is 0 Å². The fourth-order valence-electron chi connectivity index (χ4n) is 6.00. The minimum atomic E-state index is -1.33. The van der Waals surface area contributed by atoms with Gasteiger partial charge >= 0.3 is 18.0 Å². The lowest BCUT2D eigenvalue weighted by Gasteiger charge is -2.42. The third-order valence-corrected chi connectivity index (χ3v) is 9.29. The quantitative estimate of drug-likeness (QED) is 0.145. The summed E-state index contributed by atoms with van der Waals surface area (Å²) in [5.74, 6) is -4.06. The second-order valence-corrected chi connectivity index (χ2v) is 13.1. The van der Waals surface area contributed by atoms with Crippen LogP contribution in [-0.2, 0) is 19.2 Å². The number of aromatic nitrogens is 1. The zero-order valence-corrected chi connectivity index (χ0v) is 29.5. The molecular weight excluding hydrogens is 708 g/mol. The molecule has 286 valence electrons. The van der Waals surface area contributed by atoms with Crippen LogP contribution in [0, 0.1) is 17.0 Å². The molecule has 1 aliphatic carbocycles. The number of likely N-dealkylation sites (tertiary alicyclic amines) is 1. The molecule has 0 atom stereocenters. The number of aliphatic carboxylic acids is 2. The zero-order chi connectivity index (χ0) is 38.8. The number of ether oxygens (including phenoxy) is 1. The number of hydrogen-bond acceptors (Lipinski definition) is 9. The molecule has 2 aliphatic heterocycles. The molecular formula is C37H41F2N7O8. The molecule has 3 fully saturated rings. The Morgan fingerprint density at radius 2 is 1.41 bits per heavy atom. The van der Waals surface area contributed by atoms with Crippen molar-refractivity contribution < 1.29 is 47.7 Å². The predicted octanol–water partition coefficient (Wildman–Crippen LogP) is 4.47. The SMILES string of the molecule is CN1CCN(C2CCN(C(=O)Nc3cc(Oc4ccc(NC(=O)C5(C(=O)Nc6ccc(F)cc6)CC5)c(F)c4)ccn3)CC2)CC1.O=C(O)/C=C/C(=O)O. The molecule has 0 radical (unpaired) electrons. The van der Waals surface area contributed by atoms with E-state index in [9.17, 15) is 28.4 Å². The summed E-state index contributed by atoms with van der Waals surface area (Å²) in [5, 5.41) is 23.6. The molecule has 2 saturated heterocycles. The van der Waals surface area contributed by atoms with Gasteiger partial charge in [0.25, 0.3) is 0 Å². The molecule has 3 heterocycles. The van der Waals surface area contributed by atoms with E-state index in [2.05, 4.69) is 37.8 Å². The Labute approximate surface area is 309 Å². The number of hydrogen-bond donors (Lipinski definition) is 5. The number of anilines is 3. The van der Waals surface area contributed by atoms with Gasteiger partial charge in [-0.2, -0.15) is 0 Å². The molecule has 2 aromatic carbocycles. The standard InChI is InChI=1S/C33H37F2N7O4.C4H4O4/c1-40-16-18-41(19-17-40)24-9-14-42(15-10-24)32(45)39-29-21-26(8-13-36-29)46-25-6-7-28(27(35)20-25)38-31(44)33(11-12-33)30(43)37-23-4-2-22(34)3-5-23;5-3(6)1-2-4(7)8/h2-8,13,20-21,24H,9-12,14-19H2,1H3,(H,37,43)(H,38,44)(H,36,39,45);1-2H,(H,5,6)(H,7,8)/b;2-1+. The molecule has 3 aliphatic rings. The average Bonchev–Trinajstić information content (AvgIpc) is 3.96. The molecule has 1 saturated carbocycles. The third-order valence-electron chi connectivity index (χ3n) is 9.29. The van der Waals surface area contributed by atoms with Crippen molar-refractivity contribution in [2.45, 2.75) is 31.7 Å². The van der Waals surface area contributed by atoms with E-state index < -0.39 is 40.8 Å². The number of piperidine rings is 1. The van der Waals surface area contributed by atoms with Gasteiger partial charge in [0.2, 0.25) is 11.8 Å². The van der Waals surface area contributed by atoms with E-state index in [0.29, 0.717) is 61.4 Å². The molecule has 3 aromatic rings. The third kappa shape index (κ3) is 10.8. The van der Waals surface area contributed by atoms with Crippen molar-refractivity contribution in [2.75, 3.05) is 62.3 Å². The summed E-state index contributed by atoms with van der Waals surface area (Å²) >= 11 is 0. The van der Waals surface area contributed by atoms with Gasteiger partial charge in [0.1, 0.15) is 34.4 Å². The Kier molecular flexibility index (Phi) is 12.9. The van der Waals surface area contributed by atoms with Gasteiger partial charge < -0.3 is 35.4 Å². The van der Waals surface area contributed by atoms with Gasteiger partial charge in [-0.3, -0.25) is 19.8 Å². The predicted molar refractivity (Wildman–Crippen MR) is 193 cm³/mol. The van der Waals surface area contributed by atoms with Gasteiger partial charge in [-0.05, 0) is 75.2 Å². The van der Waals surface area contributed by atoms with Crippen LogP contribution in [0.4, 0.5) is 30.8 Å². The fourth-order valence-corrected chi connectivity index (χ4v) is 6.00. The summed E-state index contributed by atoms with van der Waals surface area (Å²) in [6.45, 7) is 5.60. The minimum absolute atomic E-state index is 0.0997. The van der Waals surface area contributed by atoms with Crippen molar-refractivity contribution in [1.29, 1.82) is 0 Å². The number of carbonyl (C=O) groups is 5. The van der Waals surface area contributed by atoms with Gasteiger partial charge in [-0.1, -0.05) is 0 Å². The lowest BCUT2D eigenvalue weighted by molar-refractivity contribution is -0.134. The highest BCUT2D eigenvalue weighted by molar-refractivity contribution is 6.17. The number of piperazine rings is 1. The molecule has 0 spiro atoms. The molecule has 54 heavy (non-hydrogen) atoms. The lowest BCUT2D eigenvalue weighted by Crippen LogP contribution is -2.53. The number of likely N-dealkylation sites (N-methyl/N-ethyl adjacent to an activating group) is 1. The number of halogens is 2. The van der Waals surface area contributed by atoms with Crippen LogP contribution in [0.5, 0.6) is 11.5 Å². The number of carboxylic acids is 2. The highest BCUT2D eigenvalue weighted by Gasteiger charge is 2.56. The Bertz CT molecular complexity index is 1860. The first-order valence-corrected chi connectivity index (χ1v) is 17.3. The number of rotatable bonds is 10. The summed E-state index contributed by atoms with van der Waals surface area (Å²) < 4.78 is 34.0. The van der Waals surface area contributed by atoms with Crippen LogP contribution >= 0.6 is 0 Å². The average molecular weight is 750 g/mol. The summed E-state index contributed by atoms with van der Waals surface area (Å²) in [4.78, 5) is 68.7. The van der Waals surface area contributed by atoms with E-state index >= 15 is 4.39 Å². The number of amides is 4. The highest BCUT2D eigenvalue weighted by Crippen LogP contribution is 2.47. The van der Waals surface area contributed by atoms with E-state index in [1.807, 2.05) is 0 Å². The topological polar surface area (TPSA) is 194 Å². The van der Waals surface area contributed by atoms with Crippen LogP contribution in [0.15, 0.2) is 72.9 Å². The Balaban J connectivity index is 0.000000631. The van der Waals surface area contributed by atoms with Gasteiger partial charge in [0.15, 0.2) is 0 Å². The Morgan fingerprint density at radius 3 is 2.00 bits per heavy atom. The number of pyridine rings is 1. The first-order valence-electron chi connectivity index (χ1n) is 17.3. The molecule has 6 rings (SSSR count). The molecule has 4 amide bonds. The monoisotopic (exact) mass is 749 g/mol. The summed E-state index contributed by atoms with van der Waals surface area (Å²) in [6.07, 6.45) is 5.08. The maximum absolute atomic E-state index is 15.0. The molecule has 15 nitrogen and oxygen atoms in total. The van der Waals surface area contributed by atoms with E-state index in [-0.39, 0.29) is 17.5 Å². The number of benzene rings is 2. The van der Waals surface area contributed by atoms with Crippen molar-refractivity contribution in [2.24, 2.45) is 5.41 Å². The van der Waals surface area contributed by atoms with Gasteiger partial charge in [0, 0.05) is 81.5 Å². The van der Waals surface area contributed by atoms with Crippen LogP contribution in [0.3, 0.4) is 0 Å². The largest absolute Gasteiger partial charge is 0.478 e. The van der Waals surface area contributed by atoms with E-state index in [1.54, 1.807) is 17.0 Å². The van der Waals surface area contributed by atoms with Crippen molar-refractivity contribution in [3.63, 3.8) is 0 Å². The first kappa shape index (κ1) is 39.3. The normalized spacial score (nSPS) is 17.1. The van der Waals surface area contributed by atoms with Gasteiger partial charge in [0.05, 0.1) is 5.69 Å². The van der Waals surface area contributed by atoms with Crippen molar-refractivity contribution in [3.05, 3.63) is 84.6 Å². The second-order valence-electron chi connectivity index (χ2n) is 13.1. The summed E-state index contributed by atoms with van der Waals surface area (Å²) in [5.41, 5.74) is -1.07. The maximum Gasteiger partial charge on any atom is 0.328 e. The second kappa shape index (κ2) is 17.7. The smallest absolute Gasteiger partial charge is 0.328 e. The van der Waals surface area contributed by atoms with Crippen LogP contribution in [0.1, 0.15) is 25.7 Å². The van der Waals surface area contributed by atoms with E-state index in [0.717, 1.165) is 45.1 Å². The first-order chi connectivity index (χ1) is 25.8. The molecule has 5 N–H and O–H groups in total. The van der Waals surface area contributed by atoms with Crippen LogP contribution in [-0.4, -0.2) is 112 Å². The fraction of sp³-hybridized carbons (Fsp3) is 0.351. The molecule has 1 aromatic heterocycles. The van der Waals surface area contributed by atoms with E-state index in [4.69, 9.17) is 14.9 Å². The molecule has 0 bridgehead atoms. The zero-order valence-electron chi connectivity index (χ0n) is 29.5. The Morgan fingerprint density at radius 1 is 0.796 bits per heavy atom. The molecule has 17 heteroatoms. The number of urea groups is 1. The summed E-state index contributed by atoms with van der Waals surface area (Å²) in [7, 11) is 2.14. The van der Waals surface area contributed by atoms with Crippen LogP contribution in [0.25, 0.3) is 0 Å². The van der Waals surface area contributed by atoms with Crippen LogP contribution < -0.4 is 20.7 Å².